The molecular formula is C17H20BNO5. The third-order valence-electron chi connectivity index (χ3n) is 4.05. The number of pyridine rings is 1. The third kappa shape index (κ3) is 3.69. The Labute approximate surface area is 141 Å². The van der Waals surface area contributed by atoms with Gasteiger partial charge < -0.3 is 24.3 Å². The lowest BCUT2D eigenvalue weighted by Gasteiger charge is -2.13. The molecule has 3 rings (SSSR count). The molecule has 6 nitrogen and oxygen atoms in total. The average molecular weight is 329 g/mol. The number of hydrogen-bond acceptors (Lipinski definition) is 6. The Kier molecular flexibility index (Phi) is 5.35. The lowest BCUT2D eigenvalue weighted by Crippen LogP contribution is -2.07. The Morgan fingerprint density at radius 2 is 2.12 bits per heavy atom. The Bertz CT molecular complexity index is 696. The van der Waals surface area contributed by atoms with Crippen molar-refractivity contribution in [2.75, 3.05) is 26.9 Å². The second-order valence-corrected chi connectivity index (χ2v) is 5.67. The quantitative estimate of drug-likeness (QED) is 0.786. The molecule has 0 amide bonds. The Morgan fingerprint density at radius 1 is 1.25 bits per heavy atom. The first kappa shape index (κ1) is 16.8. The molecule has 1 saturated heterocycles. The minimum atomic E-state index is -0.696. The van der Waals surface area contributed by atoms with Crippen molar-refractivity contribution in [3.8, 4) is 22.6 Å². The topological polar surface area (TPSA) is 81.0 Å². The summed E-state index contributed by atoms with van der Waals surface area (Å²) in [5, 5.41) is 18.5. The first-order chi connectivity index (χ1) is 11.7. The zero-order valence-corrected chi connectivity index (χ0v) is 13.5. The van der Waals surface area contributed by atoms with Crippen molar-refractivity contribution in [3.63, 3.8) is 0 Å². The molecule has 2 aromatic rings. The van der Waals surface area contributed by atoms with Gasteiger partial charge in [0.25, 0.3) is 0 Å². The van der Waals surface area contributed by atoms with E-state index in [1.807, 2.05) is 24.4 Å². The lowest BCUT2D eigenvalue weighted by atomic mass is 9.80. The highest BCUT2D eigenvalue weighted by Crippen LogP contribution is 2.34. The van der Waals surface area contributed by atoms with Crippen LogP contribution in [0.25, 0.3) is 11.1 Å². The largest absolute Gasteiger partial charge is 0.493 e. The molecular weight excluding hydrogens is 309 g/mol. The summed E-state index contributed by atoms with van der Waals surface area (Å²) in [6, 6.07) is 7.69. The van der Waals surface area contributed by atoms with Gasteiger partial charge in [0, 0.05) is 30.5 Å². The summed E-state index contributed by atoms with van der Waals surface area (Å²) in [6.45, 7) is 0.642. The van der Waals surface area contributed by atoms with Crippen molar-refractivity contribution >= 4 is 7.12 Å². The van der Waals surface area contributed by atoms with Gasteiger partial charge in [0.1, 0.15) is 6.61 Å². The summed E-state index contributed by atoms with van der Waals surface area (Å²) in [6.07, 6.45) is 4.17. The summed E-state index contributed by atoms with van der Waals surface area (Å²) >= 11 is 0. The molecule has 1 aromatic heterocycles. The lowest BCUT2D eigenvalue weighted by molar-refractivity contribution is 0.196. The van der Waals surface area contributed by atoms with E-state index in [0.29, 0.717) is 24.4 Å². The summed E-state index contributed by atoms with van der Waals surface area (Å²) < 4.78 is 16.0. The fraction of sp³-hybridized carbons (Fsp3) is 0.353. The minimum Gasteiger partial charge on any atom is -0.493 e. The molecule has 126 valence electrons. The van der Waals surface area contributed by atoms with Crippen LogP contribution in [0.15, 0.2) is 36.7 Å². The molecule has 0 aliphatic carbocycles. The second kappa shape index (κ2) is 7.66. The van der Waals surface area contributed by atoms with Crippen molar-refractivity contribution in [3.05, 3.63) is 42.2 Å². The van der Waals surface area contributed by atoms with E-state index in [1.54, 1.807) is 13.3 Å². The molecule has 1 fully saturated rings. The van der Waals surface area contributed by atoms with Gasteiger partial charge in [-0.15, -0.1) is 0 Å². The fourth-order valence-corrected chi connectivity index (χ4v) is 2.80. The summed E-state index contributed by atoms with van der Waals surface area (Å²) in [5.74, 6) is 1.34. The van der Waals surface area contributed by atoms with Crippen LogP contribution < -0.4 is 9.47 Å². The van der Waals surface area contributed by atoms with Gasteiger partial charge in [0.05, 0.1) is 13.7 Å². The molecule has 0 bridgehead atoms. The Hall–Kier alpha value is -2.09. The van der Waals surface area contributed by atoms with Crippen molar-refractivity contribution in [2.24, 2.45) is 0 Å². The SMILES string of the molecule is COc1ccc(-c2cncc([C@@H]3COB(O)C3)c2)cc1OCCO. The number of ether oxygens (including phenoxy) is 2. The number of methoxy groups -OCH3 is 1. The molecule has 0 spiro atoms. The number of aromatic nitrogens is 1. The number of aliphatic hydroxyl groups excluding tert-OH is 1. The molecule has 24 heavy (non-hydrogen) atoms. The van der Waals surface area contributed by atoms with Crippen LogP contribution in [0.1, 0.15) is 11.5 Å². The van der Waals surface area contributed by atoms with Crippen molar-refractivity contribution in [1.82, 2.24) is 4.98 Å². The molecule has 0 saturated carbocycles. The van der Waals surface area contributed by atoms with Crippen molar-refractivity contribution in [2.45, 2.75) is 12.2 Å². The van der Waals surface area contributed by atoms with E-state index in [9.17, 15) is 5.02 Å². The smallest absolute Gasteiger partial charge is 0.454 e. The highest BCUT2D eigenvalue weighted by atomic mass is 16.5. The van der Waals surface area contributed by atoms with Gasteiger partial charge in [0.2, 0.25) is 0 Å². The van der Waals surface area contributed by atoms with Crippen LogP contribution in [0.3, 0.4) is 0 Å². The summed E-state index contributed by atoms with van der Waals surface area (Å²) in [7, 11) is 0.882. The molecule has 1 aliphatic rings. The van der Waals surface area contributed by atoms with Crippen LogP contribution in [-0.4, -0.2) is 49.2 Å². The summed E-state index contributed by atoms with van der Waals surface area (Å²) in [4.78, 5) is 4.32. The van der Waals surface area contributed by atoms with Gasteiger partial charge in [-0.05, 0) is 35.6 Å². The predicted octanol–water partition coefficient (Wildman–Crippen LogP) is 1.72. The van der Waals surface area contributed by atoms with Crippen LogP contribution in [-0.2, 0) is 4.65 Å². The van der Waals surface area contributed by atoms with Gasteiger partial charge in [-0.25, -0.2) is 0 Å². The van der Waals surface area contributed by atoms with Gasteiger partial charge in [-0.1, -0.05) is 6.07 Å². The second-order valence-electron chi connectivity index (χ2n) is 5.67. The maximum absolute atomic E-state index is 9.53. The number of benzene rings is 1. The monoisotopic (exact) mass is 329 g/mol. The van der Waals surface area contributed by atoms with E-state index in [4.69, 9.17) is 19.2 Å². The van der Waals surface area contributed by atoms with Crippen molar-refractivity contribution < 1.29 is 24.3 Å². The molecule has 2 N–H and O–H groups in total. The molecule has 1 aliphatic heterocycles. The number of aliphatic hydroxyl groups is 1. The number of nitrogens with zero attached hydrogens (tertiary/aromatic N) is 1. The highest BCUT2D eigenvalue weighted by Gasteiger charge is 2.30. The zero-order chi connectivity index (χ0) is 16.9. The standard InChI is InChI=1S/C17H20BNO5/c1-22-16-3-2-12(7-17(16)23-5-4-20)13-6-14(10-19-9-13)15-8-18(21)24-11-15/h2-3,6-7,9-10,15,20-21H,4-5,8,11H2,1H3/t15-/m0/s1. The van der Waals surface area contributed by atoms with E-state index < -0.39 is 7.12 Å². The zero-order valence-electron chi connectivity index (χ0n) is 13.5. The molecule has 1 atom stereocenters. The fourth-order valence-electron chi connectivity index (χ4n) is 2.80. The van der Waals surface area contributed by atoms with Crippen LogP contribution in [0.5, 0.6) is 11.5 Å². The van der Waals surface area contributed by atoms with E-state index in [-0.39, 0.29) is 19.1 Å². The average Bonchev–Trinajstić information content (AvgIpc) is 3.06. The third-order valence-corrected chi connectivity index (χ3v) is 4.05. The minimum absolute atomic E-state index is 0.0611. The van der Waals surface area contributed by atoms with Gasteiger partial charge >= 0.3 is 7.12 Å². The molecule has 0 unspecified atom stereocenters. The number of hydrogen-bond donors (Lipinski definition) is 2. The first-order valence-electron chi connectivity index (χ1n) is 7.88. The van der Waals surface area contributed by atoms with Crippen LogP contribution >= 0.6 is 0 Å². The molecule has 2 heterocycles. The van der Waals surface area contributed by atoms with Crippen LogP contribution in [0.4, 0.5) is 0 Å². The maximum atomic E-state index is 9.53. The Balaban J connectivity index is 1.88. The highest BCUT2D eigenvalue weighted by molar-refractivity contribution is 6.43. The van der Waals surface area contributed by atoms with Gasteiger partial charge in [-0.3, -0.25) is 4.98 Å². The Morgan fingerprint density at radius 3 is 2.83 bits per heavy atom. The van der Waals surface area contributed by atoms with Crippen LogP contribution in [0.2, 0.25) is 6.32 Å². The van der Waals surface area contributed by atoms with Crippen LogP contribution in [0, 0.1) is 0 Å². The van der Waals surface area contributed by atoms with Gasteiger partial charge in [0.15, 0.2) is 11.5 Å². The summed E-state index contributed by atoms with van der Waals surface area (Å²) in [5.41, 5.74) is 2.93. The maximum Gasteiger partial charge on any atom is 0.454 e. The number of rotatable bonds is 6. The first-order valence-corrected chi connectivity index (χ1v) is 7.88. The van der Waals surface area contributed by atoms with E-state index >= 15 is 0 Å². The van der Waals surface area contributed by atoms with E-state index in [1.165, 1.54) is 0 Å². The molecule has 7 heteroatoms. The van der Waals surface area contributed by atoms with Crippen molar-refractivity contribution in [1.29, 1.82) is 0 Å². The predicted molar refractivity (Wildman–Crippen MR) is 90.3 cm³/mol. The van der Waals surface area contributed by atoms with E-state index in [0.717, 1.165) is 16.7 Å². The normalized spacial score (nSPS) is 17.1. The molecule has 0 radical (unpaired) electrons. The van der Waals surface area contributed by atoms with Gasteiger partial charge in [-0.2, -0.15) is 0 Å². The molecule has 1 aromatic carbocycles. The van der Waals surface area contributed by atoms with E-state index in [2.05, 4.69) is 11.1 Å².